The van der Waals surface area contributed by atoms with Crippen molar-refractivity contribution in [2.24, 2.45) is 5.92 Å². The molecule has 1 atom stereocenters. The van der Waals surface area contributed by atoms with Crippen molar-refractivity contribution in [3.63, 3.8) is 0 Å². The Labute approximate surface area is 165 Å². The van der Waals surface area contributed by atoms with Gasteiger partial charge in [-0.15, -0.1) is 0 Å². The summed E-state index contributed by atoms with van der Waals surface area (Å²) in [6, 6.07) is 14.6. The van der Waals surface area contributed by atoms with Gasteiger partial charge in [-0.1, -0.05) is 44.5 Å². The molecule has 2 aromatic carbocycles. The lowest BCUT2D eigenvalue weighted by Gasteiger charge is -2.23. The molecule has 4 nitrogen and oxygen atoms in total. The van der Waals surface area contributed by atoms with E-state index in [9.17, 15) is 9.59 Å². The Bertz CT molecular complexity index is 828. The molecule has 1 heterocycles. The number of ether oxygens (including phenoxy) is 1. The van der Waals surface area contributed by atoms with Crippen LogP contribution in [0.3, 0.4) is 0 Å². The fourth-order valence-electron chi connectivity index (χ4n) is 3.11. The number of esters is 1. The van der Waals surface area contributed by atoms with Crippen LogP contribution in [-0.2, 0) is 15.0 Å². The van der Waals surface area contributed by atoms with Gasteiger partial charge in [0.1, 0.15) is 5.75 Å². The summed E-state index contributed by atoms with van der Waals surface area (Å²) in [6.07, 6.45) is 1.18. The van der Waals surface area contributed by atoms with Crippen molar-refractivity contribution in [2.45, 2.75) is 39.0 Å². The summed E-state index contributed by atoms with van der Waals surface area (Å²) in [5, 5.41) is 0.607. The number of rotatable bonds is 5. The lowest BCUT2D eigenvalue weighted by atomic mass is 9.82. The fourth-order valence-corrected chi connectivity index (χ4v) is 3.24. The molecular formula is C22H24ClNO3. The zero-order chi connectivity index (χ0) is 19.6. The highest BCUT2D eigenvalue weighted by atomic mass is 35.5. The number of amides is 1. The third-order valence-corrected chi connectivity index (χ3v) is 5.59. The van der Waals surface area contributed by atoms with Crippen LogP contribution in [0.15, 0.2) is 48.5 Å². The van der Waals surface area contributed by atoms with Gasteiger partial charge in [-0.3, -0.25) is 9.59 Å². The average Bonchev–Trinajstić information content (AvgIpc) is 3.05. The van der Waals surface area contributed by atoms with Gasteiger partial charge < -0.3 is 9.64 Å². The standard InChI is InChI=1S/C22H24ClNO3/c1-4-22(2,3)16-5-11-19(12-6-16)27-21(26)15-13-20(25)24(14-15)18-9-7-17(23)8-10-18/h5-12,15H,4,13-14H2,1-3H3/t15-/m0/s1. The summed E-state index contributed by atoms with van der Waals surface area (Å²) in [7, 11) is 0. The van der Waals surface area contributed by atoms with Gasteiger partial charge in [0.25, 0.3) is 0 Å². The van der Waals surface area contributed by atoms with Gasteiger partial charge in [-0.05, 0) is 53.8 Å². The van der Waals surface area contributed by atoms with Gasteiger partial charge >= 0.3 is 5.97 Å². The molecular weight excluding hydrogens is 362 g/mol. The molecule has 0 saturated carbocycles. The van der Waals surface area contributed by atoms with Gasteiger partial charge in [0.15, 0.2) is 0 Å². The molecule has 2 aromatic rings. The molecule has 27 heavy (non-hydrogen) atoms. The van der Waals surface area contributed by atoms with E-state index in [0.29, 0.717) is 17.3 Å². The second-order valence-corrected chi connectivity index (χ2v) is 8.00. The summed E-state index contributed by atoms with van der Waals surface area (Å²) >= 11 is 5.89. The second kappa shape index (κ2) is 7.73. The maximum Gasteiger partial charge on any atom is 0.316 e. The van der Waals surface area contributed by atoms with Crippen LogP contribution in [0.1, 0.15) is 39.2 Å². The maximum absolute atomic E-state index is 12.5. The first kappa shape index (κ1) is 19.4. The Hall–Kier alpha value is -2.33. The molecule has 0 aromatic heterocycles. The number of benzene rings is 2. The van der Waals surface area contributed by atoms with E-state index in [2.05, 4.69) is 20.8 Å². The smallest absolute Gasteiger partial charge is 0.316 e. The Morgan fingerprint density at radius 1 is 1.15 bits per heavy atom. The number of hydrogen-bond acceptors (Lipinski definition) is 3. The Morgan fingerprint density at radius 2 is 1.78 bits per heavy atom. The number of hydrogen-bond donors (Lipinski definition) is 0. The van der Waals surface area contributed by atoms with E-state index in [0.717, 1.165) is 12.1 Å². The van der Waals surface area contributed by atoms with E-state index in [1.165, 1.54) is 5.56 Å². The van der Waals surface area contributed by atoms with Crippen LogP contribution in [0.2, 0.25) is 5.02 Å². The number of carbonyl (C=O) groups is 2. The van der Waals surface area contributed by atoms with Crippen LogP contribution in [-0.4, -0.2) is 18.4 Å². The summed E-state index contributed by atoms with van der Waals surface area (Å²) in [5.74, 6) is -0.422. The largest absolute Gasteiger partial charge is 0.426 e. The molecule has 142 valence electrons. The predicted octanol–water partition coefficient (Wildman–Crippen LogP) is 4.99. The summed E-state index contributed by atoms with van der Waals surface area (Å²) in [4.78, 5) is 26.4. The molecule has 1 fully saturated rings. The zero-order valence-corrected chi connectivity index (χ0v) is 16.6. The first-order chi connectivity index (χ1) is 12.8. The first-order valence-electron chi connectivity index (χ1n) is 9.18. The summed E-state index contributed by atoms with van der Waals surface area (Å²) in [5.41, 5.74) is 2.03. The van der Waals surface area contributed by atoms with Crippen molar-refractivity contribution in [3.8, 4) is 5.75 Å². The van der Waals surface area contributed by atoms with E-state index >= 15 is 0 Å². The minimum absolute atomic E-state index is 0.0828. The van der Waals surface area contributed by atoms with Gasteiger partial charge in [0, 0.05) is 23.7 Å². The van der Waals surface area contributed by atoms with Gasteiger partial charge in [-0.2, -0.15) is 0 Å². The fraction of sp³-hybridized carbons (Fsp3) is 0.364. The molecule has 1 aliphatic rings. The summed E-state index contributed by atoms with van der Waals surface area (Å²) in [6.45, 7) is 6.84. The monoisotopic (exact) mass is 385 g/mol. The summed E-state index contributed by atoms with van der Waals surface area (Å²) < 4.78 is 5.51. The maximum atomic E-state index is 12.5. The van der Waals surface area contributed by atoms with Crippen LogP contribution in [0.5, 0.6) is 5.75 Å². The molecule has 0 bridgehead atoms. The minimum Gasteiger partial charge on any atom is -0.426 e. The van der Waals surface area contributed by atoms with E-state index in [-0.39, 0.29) is 23.7 Å². The molecule has 0 spiro atoms. The van der Waals surface area contributed by atoms with Crippen molar-refractivity contribution in [3.05, 3.63) is 59.1 Å². The molecule has 1 saturated heterocycles. The highest BCUT2D eigenvalue weighted by Crippen LogP contribution is 2.30. The SMILES string of the molecule is CCC(C)(C)c1ccc(OC(=O)[C@H]2CC(=O)N(c3ccc(Cl)cc3)C2)cc1. The molecule has 0 unspecified atom stereocenters. The van der Waals surface area contributed by atoms with E-state index < -0.39 is 5.92 Å². The normalized spacial score (nSPS) is 17.3. The second-order valence-electron chi connectivity index (χ2n) is 7.56. The Balaban J connectivity index is 1.65. The first-order valence-corrected chi connectivity index (χ1v) is 9.56. The van der Waals surface area contributed by atoms with Crippen LogP contribution in [0.4, 0.5) is 5.69 Å². The number of halogens is 1. The van der Waals surface area contributed by atoms with Crippen molar-refractivity contribution in [1.82, 2.24) is 0 Å². The Morgan fingerprint density at radius 3 is 2.37 bits per heavy atom. The van der Waals surface area contributed by atoms with Gasteiger partial charge in [0.2, 0.25) is 5.91 Å². The third-order valence-electron chi connectivity index (χ3n) is 5.33. The average molecular weight is 386 g/mol. The van der Waals surface area contributed by atoms with E-state index in [4.69, 9.17) is 16.3 Å². The molecule has 1 aliphatic heterocycles. The minimum atomic E-state index is -0.472. The lowest BCUT2D eigenvalue weighted by molar-refractivity contribution is -0.139. The molecule has 1 amide bonds. The molecule has 0 radical (unpaired) electrons. The molecule has 0 N–H and O–H groups in total. The van der Waals surface area contributed by atoms with Crippen LogP contribution in [0, 0.1) is 5.92 Å². The molecule has 5 heteroatoms. The van der Waals surface area contributed by atoms with E-state index in [1.807, 2.05) is 24.3 Å². The van der Waals surface area contributed by atoms with Gasteiger partial charge in [0.05, 0.1) is 5.92 Å². The highest BCUT2D eigenvalue weighted by Gasteiger charge is 2.36. The van der Waals surface area contributed by atoms with Crippen LogP contribution >= 0.6 is 11.6 Å². The zero-order valence-electron chi connectivity index (χ0n) is 15.9. The van der Waals surface area contributed by atoms with Crippen molar-refractivity contribution in [1.29, 1.82) is 0 Å². The molecule has 3 rings (SSSR count). The molecule has 0 aliphatic carbocycles. The Kier molecular flexibility index (Phi) is 5.56. The van der Waals surface area contributed by atoms with Crippen LogP contribution < -0.4 is 9.64 Å². The topological polar surface area (TPSA) is 46.6 Å². The predicted molar refractivity (Wildman–Crippen MR) is 107 cm³/mol. The van der Waals surface area contributed by atoms with Crippen molar-refractivity contribution < 1.29 is 14.3 Å². The number of anilines is 1. The lowest BCUT2D eigenvalue weighted by Crippen LogP contribution is -2.27. The van der Waals surface area contributed by atoms with Crippen LogP contribution in [0.25, 0.3) is 0 Å². The number of carbonyl (C=O) groups excluding carboxylic acids is 2. The quantitative estimate of drug-likeness (QED) is 0.538. The van der Waals surface area contributed by atoms with Crippen molar-refractivity contribution >= 4 is 29.2 Å². The highest BCUT2D eigenvalue weighted by molar-refractivity contribution is 6.30. The van der Waals surface area contributed by atoms with E-state index in [1.54, 1.807) is 29.2 Å². The number of nitrogens with zero attached hydrogens (tertiary/aromatic N) is 1. The van der Waals surface area contributed by atoms with Crippen molar-refractivity contribution in [2.75, 3.05) is 11.4 Å². The van der Waals surface area contributed by atoms with Gasteiger partial charge in [-0.25, -0.2) is 0 Å². The third kappa shape index (κ3) is 4.33.